The van der Waals surface area contributed by atoms with E-state index in [1.54, 1.807) is 16.8 Å². The van der Waals surface area contributed by atoms with Crippen LogP contribution in [0.4, 0.5) is 4.39 Å². The molecule has 0 aliphatic carbocycles. The second-order valence-electron chi connectivity index (χ2n) is 6.86. The molecule has 10 heteroatoms. The van der Waals surface area contributed by atoms with Gasteiger partial charge in [-0.3, -0.25) is 4.79 Å². The molecule has 0 fully saturated rings. The number of hydrogen-bond donors (Lipinski definition) is 0. The van der Waals surface area contributed by atoms with Crippen molar-refractivity contribution in [2.45, 2.75) is 12.8 Å². The van der Waals surface area contributed by atoms with E-state index in [0.29, 0.717) is 40.6 Å². The highest BCUT2D eigenvalue weighted by molar-refractivity contribution is 5.82. The lowest BCUT2D eigenvalue weighted by molar-refractivity contribution is -0.139. The predicted molar refractivity (Wildman–Crippen MR) is 108 cm³/mol. The highest BCUT2D eigenvalue weighted by atomic mass is 19.1. The van der Waals surface area contributed by atoms with E-state index in [1.165, 1.54) is 23.8 Å². The third kappa shape index (κ3) is 3.48. The Morgan fingerprint density at radius 3 is 2.55 bits per heavy atom. The van der Waals surface area contributed by atoms with Crippen molar-refractivity contribution in [2.75, 3.05) is 7.11 Å². The van der Waals surface area contributed by atoms with E-state index in [9.17, 15) is 9.18 Å². The molecule has 5 rings (SSSR count). The summed E-state index contributed by atoms with van der Waals surface area (Å²) in [7, 11) is 1.30. The Kier molecular flexibility index (Phi) is 4.58. The number of fused-ring (bicyclic) bond motifs is 3. The molecule has 0 N–H and O–H groups in total. The van der Waals surface area contributed by atoms with Crippen molar-refractivity contribution >= 4 is 22.9 Å². The number of methoxy groups -OCH3 is 1. The maximum absolute atomic E-state index is 13.5. The van der Waals surface area contributed by atoms with Crippen LogP contribution in [-0.4, -0.2) is 47.7 Å². The van der Waals surface area contributed by atoms with Crippen molar-refractivity contribution in [2.24, 2.45) is 0 Å². The average molecular weight is 417 g/mol. The van der Waals surface area contributed by atoms with Crippen LogP contribution in [0.3, 0.4) is 0 Å². The summed E-state index contributed by atoms with van der Waals surface area (Å²) in [5.74, 6) is 0.0300. The molecule has 0 bridgehead atoms. The lowest BCUT2D eigenvalue weighted by atomic mass is 10.1. The van der Waals surface area contributed by atoms with Gasteiger partial charge in [0.1, 0.15) is 11.5 Å². The zero-order valence-corrected chi connectivity index (χ0v) is 16.4. The van der Waals surface area contributed by atoms with Gasteiger partial charge in [-0.25, -0.2) is 9.07 Å². The lowest BCUT2D eigenvalue weighted by Gasteiger charge is -2.03. The summed E-state index contributed by atoms with van der Waals surface area (Å²) in [6, 6.07) is 15.6. The second-order valence-corrected chi connectivity index (χ2v) is 6.86. The van der Waals surface area contributed by atoms with Crippen LogP contribution in [0.2, 0.25) is 0 Å². The molecular formula is C21H16FN7O2. The van der Waals surface area contributed by atoms with E-state index < -0.39 is 5.97 Å². The van der Waals surface area contributed by atoms with Gasteiger partial charge in [0, 0.05) is 6.42 Å². The first-order chi connectivity index (χ1) is 15.1. The first-order valence-corrected chi connectivity index (χ1v) is 9.49. The van der Waals surface area contributed by atoms with Gasteiger partial charge in [0.25, 0.3) is 5.78 Å². The van der Waals surface area contributed by atoms with E-state index in [4.69, 9.17) is 4.74 Å². The Balaban J connectivity index is 1.70. The highest BCUT2D eigenvalue weighted by Gasteiger charge is 2.21. The standard InChI is InChI=1S/C21H16FN7O2/c1-31-18(30)12-16-19-20(28(26-16)15-9-7-14(22)8-10-15)29-21(25-24-19)23-17(27-29)11-13-5-3-2-4-6-13/h2-10H,11-12H2,1H3. The van der Waals surface area contributed by atoms with E-state index in [1.807, 2.05) is 30.3 Å². The van der Waals surface area contributed by atoms with Gasteiger partial charge in [0.2, 0.25) is 0 Å². The van der Waals surface area contributed by atoms with Crippen molar-refractivity contribution in [3.8, 4) is 5.69 Å². The van der Waals surface area contributed by atoms with Crippen molar-refractivity contribution in [3.63, 3.8) is 0 Å². The number of hydrogen-bond acceptors (Lipinski definition) is 7. The van der Waals surface area contributed by atoms with Crippen LogP contribution in [0.15, 0.2) is 54.6 Å². The number of rotatable bonds is 5. The molecule has 3 aromatic heterocycles. The molecule has 5 aromatic rings. The van der Waals surface area contributed by atoms with Crippen LogP contribution in [0, 0.1) is 5.82 Å². The van der Waals surface area contributed by atoms with E-state index in [-0.39, 0.29) is 12.2 Å². The Labute approximate surface area is 175 Å². The molecule has 9 nitrogen and oxygen atoms in total. The first-order valence-electron chi connectivity index (χ1n) is 9.49. The van der Waals surface area contributed by atoms with Gasteiger partial charge in [-0.2, -0.15) is 14.6 Å². The van der Waals surface area contributed by atoms with Gasteiger partial charge in [-0.1, -0.05) is 30.3 Å². The van der Waals surface area contributed by atoms with E-state index in [0.717, 1.165) is 5.56 Å². The summed E-state index contributed by atoms with van der Waals surface area (Å²) < 4.78 is 21.3. The molecule has 154 valence electrons. The van der Waals surface area contributed by atoms with Crippen molar-refractivity contribution in [1.29, 1.82) is 0 Å². The molecule has 2 aromatic carbocycles. The van der Waals surface area contributed by atoms with Gasteiger partial charge in [0.05, 0.1) is 19.2 Å². The third-order valence-corrected chi connectivity index (χ3v) is 4.80. The second kappa shape index (κ2) is 7.56. The molecule has 3 heterocycles. The Bertz CT molecular complexity index is 1390. The molecule has 0 spiro atoms. The molecule has 0 saturated carbocycles. The summed E-state index contributed by atoms with van der Waals surface area (Å²) in [6.45, 7) is 0. The summed E-state index contributed by atoms with van der Waals surface area (Å²) in [4.78, 5) is 16.4. The minimum absolute atomic E-state index is 0.0903. The Morgan fingerprint density at radius 1 is 1.03 bits per heavy atom. The summed E-state index contributed by atoms with van der Waals surface area (Å²) in [5.41, 5.74) is 2.87. The highest BCUT2D eigenvalue weighted by Crippen LogP contribution is 2.22. The fraction of sp³-hybridized carbons (Fsp3) is 0.143. The van der Waals surface area contributed by atoms with Gasteiger partial charge in [-0.05, 0) is 29.8 Å². The Hall–Kier alpha value is -4.21. The molecule has 0 radical (unpaired) electrons. The topological polar surface area (TPSA) is 100 Å². The molecule has 0 atom stereocenters. The smallest absolute Gasteiger partial charge is 0.311 e. The molecule has 0 aliphatic heterocycles. The van der Waals surface area contributed by atoms with Crippen LogP contribution >= 0.6 is 0 Å². The van der Waals surface area contributed by atoms with Crippen LogP contribution in [0.5, 0.6) is 0 Å². The maximum Gasteiger partial charge on any atom is 0.311 e. The maximum atomic E-state index is 13.5. The fourth-order valence-corrected chi connectivity index (χ4v) is 3.33. The largest absolute Gasteiger partial charge is 0.469 e. The summed E-state index contributed by atoms with van der Waals surface area (Å²) in [6.07, 6.45) is 0.429. The normalized spacial score (nSPS) is 11.3. The first kappa shape index (κ1) is 18.8. The number of carbonyl (C=O) groups is 1. The van der Waals surface area contributed by atoms with Gasteiger partial charge >= 0.3 is 5.97 Å². The number of aromatic nitrogens is 7. The van der Waals surface area contributed by atoms with Gasteiger partial charge in [0.15, 0.2) is 17.0 Å². The van der Waals surface area contributed by atoms with E-state index >= 15 is 0 Å². The number of esters is 1. The fourth-order valence-electron chi connectivity index (χ4n) is 3.33. The van der Waals surface area contributed by atoms with Crippen LogP contribution in [-0.2, 0) is 22.4 Å². The molecular weight excluding hydrogens is 401 g/mol. The SMILES string of the molecule is COC(=O)Cc1nn(-c2ccc(F)cc2)c2c1nnc1nc(Cc3ccccc3)nn12. The predicted octanol–water partition coefficient (Wildman–Crippen LogP) is 2.30. The van der Waals surface area contributed by atoms with Crippen molar-refractivity contribution < 1.29 is 13.9 Å². The van der Waals surface area contributed by atoms with E-state index in [2.05, 4.69) is 25.4 Å². The van der Waals surface area contributed by atoms with Crippen LogP contribution in [0.1, 0.15) is 17.1 Å². The minimum atomic E-state index is -0.462. The number of nitrogens with zero attached hydrogens (tertiary/aromatic N) is 7. The molecule has 0 amide bonds. The molecule has 0 unspecified atom stereocenters. The van der Waals surface area contributed by atoms with Gasteiger partial charge in [-0.15, -0.1) is 15.3 Å². The monoisotopic (exact) mass is 417 g/mol. The van der Waals surface area contributed by atoms with Crippen molar-refractivity contribution in [1.82, 2.24) is 34.6 Å². The summed E-state index contributed by atoms with van der Waals surface area (Å²) in [5, 5.41) is 17.5. The minimum Gasteiger partial charge on any atom is -0.469 e. The molecule has 31 heavy (non-hydrogen) atoms. The molecule has 0 aliphatic rings. The summed E-state index contributed by atoms with van der Waals surface area (Å²) >= 11 is 0. The Morgan fingerprint density at radius 2 is 1.81 bits per heavy atom. The number of carbonyl (C=O) groups excluding carboxylic acids is 1. The zero-order chi connectivity index (χ0) is 21.4. The van der Waals surface area contributed by atoms with Crippen LogP contribution < -0.4 is 0 Å². The number of ether oxygens (including phenoxy) is 1. The number of benzene rings is 2. The van der Waals surface area contributed by atoms with Gasteiger partial charge < -0.3 is 4.74 Å². The zero-order valence-electron chi connectivity index (χ0n) is 16.4. The lowest BCUT2D eigenvalue weighted by Crippen LogP contribution is -2.06. The van der Waals surface area contributed by atoms with Crippen LogP contribution in [0.25, 0.3) is 22.6 Å². The number of halogens is 1. The third-order valence-electron chi connectivity index (χ3n) is 4.80. The quantitative estimate of drug-likeness (QED) is 0.405. The average Bonchev–Trinajstić information content (AvgIpc) is 3.36. The molecule has 0 saturated heterocycles. The van der Waals surface area contributed by atoms with Crippen molar-refractivity contribution in [3.05, 3.63) is 77.5 Å².